The zero-order chi connectivity index (χ0) is 22.3. The Bertz CT molecular complexity index is 1210. The molecule has 0 aliphatic carbocycles. The molecule has 1 aliphatic heterocycles. The Morgan fingerprint density at radius 1 is 1.29 bits per heavy atom. The van der Waals surface area contributed by atoms with Crippen LogP contribution in [0.15, 0.2) is 36.4 Å². The van der Waals surface area contributed by atoms with Crippen LogP contribution in [0.2, 0.25) is 5.02 Å². The number of hydrogen-bond acceptors (Lipinski definition) is 4. The van der Waals surface area contributed by atoms with Crippen molar-refractivity contribution < 1.29 is 28.2 Å². The molecule has 0 saturated heterocycles. The topological polar surface area (TPSA) is 84.7 Å². The molecule has 31 heavy (non-hydrogen) atoms. The van der Waals surface area contributed by atoms with Gasteiger partial charge in [-0.25, -0.2) is 8.78 Å². The van der Waals surface area contributed by atoms with Crippen LogP contribution < -0.4 is 4.74 Å². The van der Waals surface area contributed by atoms with E-state index in [1.54, 1.807) is 25.2 Å². The van der Waals surface area contributed by atoms with Crippen molar-refractivity contribution in [1.82, 2.24) is 14.7 Å². The molecule has 2 aromatic carbocycles. The van der Waals surface area contributed by atoms with Gasteiger partial charge in [0.05, 0.1) is 5.69 Å². The van der Waals surface area contributed by atoms with Gasteiger partial charge in [0.2, 0.25) is 0 Å². The molecule has 1 aromatic heterocycles. The van der Waals surface area contributed by atoms with Gasteiger partial charge in [-0.15, -0.1) is 0 Å². The van der Waals surface area contributed by atoms with Crippen LogP contribution in [0.4, 0.5) is 8.78 Å². The molecule has 0 bridgehead atoms. The summed E-state index contributed by atoms with van der Waals surface area (Å²) in [5, 5.41) is 14.0. The second-order valence-electron chi connectivity index (χ2n) is 7.00. The number of rotatable bonds is 5. The third-order valence-electron chi connectivity index (χ3n) is 4.92. The Balaban J connectivity index is 1.74. The van der Waals surface area contributed by atoms with Crippen molar-refractivity contribution in [1.29, 1.82) is 0 Å². The van der Waals surface area contributed by atoms with Gasteiger partial charge in [-0.3, -0.25) is 14.3 Å². The number of carbonyl (C=O) groups is 2. The second-order valence-corrected chi connectivity index (χ2v) is 7.43. The number of aromatic nitrogens is 2. The van der Waals surface area contributed by atoms with Crippen molar-refractivity contribution >= 4 is 23.5 Å². The summed E-state index contributed by atoms with van der Waals surface area (Å²) in [7, 11) is 1.64. The third kappa shape index (κ3) is 3.84. The van der Waals surface area contributed by atoms with E-state index in [-0.39, 0.29) is 17.9 Å². The Morgan fingerprint density at radius 2 is 2.06 bits per heavy atom. The maximum absolute atomic E-state index is 14.1. The smallest absolute Gasteiger partial charge is 0.323 e. The summed E-state index contributed by atoms with van der Waals surface area (Å²) < 4.78 is 34.9. The summed E-state index contributed by atoms with van der Waals surface area (Å²) in [5.74, 6) is -3.69. The van der Waals surface area contributed by atoms with Crippen molar-refractivity contribution in [2.75, 3.05) is 6.54 Å². The minimum atomic E-state index is -1.30. The van der Waals surface area contributed by atoms with Crippen LogP contribution in [0.3, 0.4) is 0 Å². The molecule has 0 radical (unpaired) electrons. The predicted molar refractivity (Wildman–Crippen MR) is 107 cm³/mol. The van der Waals surface area contributed by atoms with Crippen molar-refractivity contribution in [3.05, 3.63) is 69.9 Å². The molecule has 0 saturated carbocycles. The zero-order valence-corrected chi connectivity index (χ0v) is 17.0. The highest BCUT2D eigenvalue weighted by Gasteiger charge is 2.32. The average molecular weight is 448 g/mol. The maximum Gasteiger partial charge on any atom is 0.323 e. The largest absolute Gasteiger partial charge is 0.488 e. The van der Waals surface area contributed by atoms with Crippen LogP contribution in [0.25, 0.3) is 11.3 Å². The summed E-state index contributed by atoms with van der Waals surface area (Å²) >= 11 is 6.10. The maximum atomic E-state index is 14.1. The highest BCUT2D eigenvalue weighted by Crippen LogP contribution is 2.40. The number of benzene rings is 2. The van der Waals surface area contributed by atoms with E-state index in [2.05, 4.69) is 5.10 Å². The second kappa shape index (κ2) is 7.99. The lowest BCUT2D eigenvalue weighted by Gasteiger charge is -2.22. The van der Waals surface area contributed by atoms with Crippen LogP contribution >= 0.6 is 11.6 Å². The minimum Gasteiger partial charge on any atom is -0.488 e. The van der Waals surface area contributed by atoms with Gasteiger partial charge in [0, 0.05) is 35.3 Å². The monoisotopic (exact) mass is 447 g/mol. The van der Waals surface area contributed by atoms with E-state index in [0.29, 0.717) is 27.6 Å². The zero-order valence-electron chi connectivity index (χ0n) is 16.2. The number of carboxylic acid groups (broad SMARTS) is 1. The Labute approximate surface area is 180 Å². The predicted octanol–water partition coefficient (Wildman–Crippen LogP) is 3.64. The first kappa shape index (κ1) is 20.8. The molecule has 4 rings (SSSR count). The van der Waals surface area contributed by atoms with Gasteiger partial charge in [0.15, 0.2) is 17.3 Å². The molecular weight excluding hydrogens is 432 g/mol. The standard InChI is InChI=1S/C21H16ClF2N3O4/c1-26-20-13-7-12(22)5-6-16(13)31-10-14(20)19(25-26)21(30)27(9-17(28)29)8-11-3-2-4-15(23)18(11)24/h2-7H,8-10H2,1H3,(H,28,29). The quantitative estimate of drug-likeness (QED) is 0.645. The molecule has 3 aromatic rings. The normalized spacial score (nSPS) is 12.0. The first-order valence-electron chi connectivity index (χ1n) is 9.18. The lowest BCUT2D eigenvalue weighted by molar-refractivity contribution is -0.137. The van der Waals surface area contributed by atoms with Crippen LogP contribution in [-0.4, -0.2) is 38.2 Å². The number of fused-ring (bicyclic) bond motifs is 3. The third-order valence-corrected chi connectivity index (χ3v) is 5.16. The van der Waals surface area contributed by atoms with Crippen LogP contribution in [0, 0.1) is 11.6 Å². The van der Waals surface area contributed by atoms with Gasteiger partial charge < -0.3 is 14.7 Å². The minimum absolute atomic E-state index is 0.0267. The Kier molecular flexibility index (Phi) is 5.36. The van der Waals surface area contributed by atoms with E-state index in [1.165, 1.54) is 16.8 Å². The lowest BCUT2D eigenvalue weighted by Crippen LogP contribution is -2.36. The molecule has 1 amide bonds. The molecule has 7 nitrogen and oxygen atoms in total. The summed E-state index contributed by atoms with van der Waals surface area (Å²) in [5.41, 5.74) is 1.54. The van der Waals surface area contributed by atoms with Crippen molar-refractivity contribution in [2.24, 2.45) is 7.05 Å². The van der Waals surface area contributed by atoms with Crippen molar-refractivity contribution in [3.63, 3.8) is 0 Å². The summed E-state index contributed by atoms with van der Waals surface area (Å²) in [4.78, 5) is 25.5. The van der Waals surface area contributed by atoms with E-state index in [0.717, 1.165) is 11.0 Å². The van der Waals surface area contributed by atoms with E-state index < -0.39 is 36.6 Å². The van der Waals surface area contributed by atoms with Gasteiger partial charge in [-0.05, 0) is 24.3 Å². The van der Waals surface area contributed by atoms with Crippen molar-refractivity contribution in [2.45, 2.75) is 13.2 Å². The molecule has 1 N–H and O–H groups in total. The van der Waals surface area contributed by atoms with Gasteiger partial charge in [-0.2, -0.15) is 5.10 Å². The van der Waals surface area contributed by atoms with Crippen LogP contribution in [-0.2, 0) is 25.0 Å². The molecule has 0 fully saturated rings. The van der Waals surface area contributed by atoms with Gasteiger partial charge in [-0.1, -0.05) is 23.7 Å². The number of halogens is 3. The first-order chi connectivity index (χ1) is 14.8. The Hall–Kier alpha value is -3.46. The fourth-order valence-electron chi connectivity index (χ4n) is 3.57. The number of carbonyl (C=O) groups excluding carboxylic acids is 1. The average Bonchev–Trinajstić information content (AvgIpc) is 3.07. The number of ether oxygens (including phenoxy) is 1. The number of aryl methyl sites for hydroxylation is 1. The fraction of sp³-hybridized carbons (Fsp3) is 0.190. The van der Waals surface area contributed by atoms with E-state index in [1.807, 2.05) is 0 Å². The van der Waals surface area contributed by atoms with Crippen LogP contribution in [0.1, 0.15) is 21.6 Å². The Morgan fingerprint density at radius 3 is 2.81 bits per heavy atom. The molecular formula is C21H16ClF2N3O4. The van der Waals surface area contributed by atoms with Gasteiger partial charge >= 0.3 is 5.97 Å². The highest BCUT2D eigenvalue weighted by molar-refractivity contribution is 6.31. The molecule has 160 valence electrons. The summed E-state index contributed by atoms with van der Waals surface area (Å²) in [6.45, 7) is -1.12. The van der Waals surface area contributed by atoms with E-state index in [9.17, 15) is 23.5 Å². The molecule has 0 unspecified atom stereocenters. The molecule has 2 heterocycles. The molecule has 0 spiro atoms. The lowest BCUT2D eigenvalue weighted by atomic mass is 10.0. The molecule has 0 atom stereocenters. The van der Waals surface area contributed by atoms with E-state index >= 15 is 0 Å². The number of aliphatic carboxylic acids is 1. The number of nitrogens with zero attached hydrogens (tertiary/aromatic N) is 3. The SMILES string of the molecule is Cn1nc(C(=O)N(CC(=O)O)Cc2cccc(F)c2F)c2c1-c1cc(Cl)ccc1OC2. The number of carboxylic acids is 1. The number of hydrogen-bond donors (Lipinski definition) is 1. The summed E-state index contributed by atoms with van der Waals surface area (Å²) in [6.07, 6.45) is 0. The number of amides is 1. The fourth-order valence-corrected chi connectivity index (χ4v) is 3.74. The van der Waals surface area contributed by atoms with E-state index in [4.69, 9.17) is 16.3 Å². The summed E-state index contributed by atoms with van der Waals surface area (Å²) in [6, 6.07) is 8.58. The van der Waals surface area contributed by atoms with Crippen molar-refractivity contribution in [3.8, 4) is 17.0 Å². The van der Waals surface area contributed by atoms with Gasteiger partial charge in [0.1, 0.15) is 18.9 Å². The first-order valence-corrected chi connectivity index (χ1v) is 9.56. The van der Waals surface area contributed by atoms with Gasteiger partial charge in [0.25, 0.3) is 5.91 Å². The van der Waals surface area contributed by atoms with Crippen LogP contribution in [0.5, 0.6) is 5.75 Å². The molecule has 10 heteroatoms. The molecule has 1 aliphatic rings. The highest BCUT2D eigenvalue weighted by atomic mass is 35.5.